The Morgan fingerprint density at radius 2 is 1.71 bits per heavy atom. The Bertz CT molecular complexity index is 237. The van der Waals surface area contributed by atoms with Gasteiger partial charge in [-0.2, -0.15) is 17.0 Å². The molecule has 0 heterocycles. The van der Waals surface area contributed by atoms with E-state index in [0.29, 0.717) is 32.6 Å². The summed E-state index contributed by atoms with van der Waals surface area (Å²) in [6.07, 6.45) is 0.691. The van der Waals surface area contributed by atoms with E-state index in [1.54, 1.807) is 7.05 Å². The summed E-state index contributed by atoms with van der Waals surface area (Å²) < 4.78 is 26.4. The Hall–Kier alpha value is -0.170. The van der Waals surface area contributed by atoms with Crippen molar-refractivity contribution in [3.63, 3.8) is 0 Å². The molecule has 0 aliphatic carbocycles. The second-order valence-corrected chi connectivity index (χ2v) is 5.09. The van der Waals surface area contributed by atoms with Gasteiger partial charge in [0.25, 0.3) is 10.2 Å². The highest BCUT2D eigenvalue weighted by atomic mass is 32.2. The maximum atomic E-state index is 11.8. The van der Waals surface area contributed by atoms with Crippen LogP contribution in [0.3, 0.4) is 0 Å². The van der Waals surface area contributed by atoms with Gasteiger partial charge in [0, 0.05) is 26.7 Å². The first-order valence-corrected chi connectivity index (χ1v) is 6.31. The first-order chi connectivity index (χ1) is 6.50. The lowest BCUT2D eigenvalue weighted by molar-refractivity contribution is 0.376. The lowest BCUT2D eigenvalue weighted by Crippen LogP contribution is -2.42. The number of nitrogens with zero attached hydrogens (tertiary/aromatic N) is 2. The summed E-state index contributed by atoms with van der Waals surface area (Å²) in [6.45, 7) is 5.67. The monoisotopic (exact) mass is 223 g/mol. The van der Waals surface area contributed by atoms with E-state index in [4.69, 9.17) is 5.73 Å². The fourth-order valence-corrected chi connectivity index (χ4v) is 2.58. The van der Waals surface area contributed by atoms with Gasteiger partial charge in [-0.3, -0.25) is 0 Å². The summed E-state index contributed by atoms with van der Waals surface area (Å²) in [4.78, 5) is 0. The molecule has 0 aliphatic rings. The van der Waals surface area contributed by atoms with E-state index < -0.39 is 10.2 Å². The Kier molecular flexibility index (Phi) is 6.26. The molecule has 0 aromatic carbocycles. The quantitative estimate of drug-likeness (QED) is 0.653. The summed E-state index contributed by atoms with van der Waals surface area (Å²) in [5.74, 6) is 0. The number of hydrogen-bond acceptors (Lipinski definition) is 3. The molecule has 0 unspecified atom stereocenters. The minimum Gasteiger partial charge on any atom is -0.330 e. The molecule has 2 N–H and O–H groups in total. The SMILES string of the molecule is CCN(CC)S(=O)(=O)N(C)CCCN. The zero-order valence-electron chi connectivity index (χ0n) is 9.23. The molecule has 0 bridgehead atoms. The van der Waals surface area contributed by atoms with Crippen molar-refractivity contribution in [2.75, 3.05) is 33.2 Å². The van der Waals surface area contributed by atoms with E-state index in [9.17, 15) is 8.42 Å². The maximum Gasteiger partial charge on any atom is 0.281 e. The van der Waals surface area contributed by atoms with Crippen LogP contribution in [-0.4, -0.2) is 50.3 Å². The van der Waals surface area contributed by atoms with Gasteiger partial charge in [-0.15, -0.1) is 0 Å². The molecule has 0 fully saturated rings. The average molecular weight is 223 g/mol. The molecule has 86 valence electrons. The van der Waals surface area contributed by atoms with E-state index in [0.717, 1.165) is 0 Å². The van der Waals surface area contributed by atoms with Crippen LogP contribution >= 0.6 is 0 Å². The Balaban J connectivity index is 4.43. The minimum absolute atomic E-state index is 0.481. The Morgan fingerprint density at radius 1 is 1.21 bits per heavy atom. The minimum atomic E-state index is -3.26. The fraction of sp³-hybridized carbons (Fsp3) is 1.00. The van der Waals surface area contributed by atoms with Gasteiger partial charge in [0.15, 0.2) is 0 Å². The van der Waals surface area contributed by atoms with Crippen LogP contribution in [0.15, 0.2) is 0 Å². The van der Waals surface area contributed by atoms with Gasteiger partial charge in [0.05, 0.1) is 0 Å². The summed E-state index contributed by atoms with van der Waals surface area (Å²) in [7, 11) is -1.68. The number of nitrogens with two attached hydrogens (primary N) is 1. The third-order valence-corrected chi connectivity index (χ3v) is 4.24. The second-order valence-electron chi connectivity index (χ2n) is 3.06. The highest BCUT2D eigenvalue weighted by Crippen LogP contribution is 2.05. The van der Waals surface area contributed by atoms with E-state index in [1.807, 2.05) is 13.8 Å². The van der Waals surface area contributed by atoms with Gasteiger partial charge in [-0.1, -0.05) is 13.8 Å². The first-order valence-electron chi connectivity index (χ1n) is 4.92. The molecular formula is C8H21N3O2S. The molecule has 0 amide bonds. The Morgan fingerprint density at radius 3 is 2.07 bits per heavy atom. The summed E-state index contributed by atoms with van der Waals surface area (Å²) in [5, 5.41) is 0. The van der Waals surface area contributed by atoms with Crippen molar-refractivity contribution >= 4 is 10.2 Å². The van der Waals surface area contributed by atoms with Crippen LogP contribution < -0.4 is 5.73 Å². The molecule has 0 aliphatic heterocycles. The second kappa shape index (κ2) is 6.34. The van der Waals surface area contributed by atoms with Crippen molar-refractivity contribution in [2.45, 2.75) is 20.3 Å². The zero-order valence-corrected chi connectivity index (χ0v) is 10.0. The summed E-state index contributed by atoms with van der Waals surface area (Å²) in [5.41, 5.74) is 5.33. The molecule has 0 atom stereocenters. The standard InChI is InChI=1S/C8H21N3O2S/c1-4-11(5-2)14(12,13)10(3)8-6-7-9/h4-9H2,1-3H3. The van der Waals surface area contributed by atoms with Crippen LogP contribution in [0, 0.1) is 0 Å². The molecule has 0 saturated carbocycles. The molecule has 5 nitrogen and oxygen atoms in total. The third kappa shape index (κ3) is 3.53. The highest BCUT2D eigenvalue weighted by molar-refractivity contribution is 7.86. The zero-order chi connectivity index (χ0) is 11.2. The molecule has 6 heteroatoms. The smallest absolute Gasteiger partial charge is 0.281 e. The van der Waals surface area contributed by atoms with Crippen LogP contribution in [0.2, 0.25) is 0 Å². The highest BCUT2D eigenvalue weighted by Gasteiger charge is 2.23. The fourth-order valence-electron chi connectivity index (χ4n) is 1.18. The van der Waals surface area contributed by atoms with Gasteiger partial charge < -0.3 is 5.73 Å². The molecule has 0 saturated heterocycles. The van der Waals surface area contributed by atoms with Crippen LogP contribution in [0.25, 0.3) is 0 Å². The van der Waals surface area contributed by atoms with E-state index in [2.05, 4.69) is 0 Å². The van der Waals surface area contributed by atoms with Crippen molar-refractivity contribution in [2.24, 2.45) is 5.73 Å². The third-order valence-electron chi connectivity index (χ3n) is 2.10. The van der Waals surface area contributed by atoms with Gasteiger partial charge in [-0.25, -0.2) is 0 Å². The van der Waals surface area contributed by atoms with Crippen molar-refractivity contribution in [3.8, 4) is 0 Å². The average Bonchev–Trinajstić information content (AvgIpc) is 2.15. The van der Waals surface area contributed by atoms with Crippen molar-refractivity contribution in [1.82, 2.24) is 8.61 Å². The summed E-state index contributed by atoms with van der Waals surface area (Å²) >= 11 is 0. The largest absolute Gasteiger partial charge is 0.330 e. The van der Waals surface area contributed by atoms with E-state index in [-0.39, 0.29) is 0 Å². The molecule has 0 aromatic rings. The van der Waals surface area contributed by atoms with E-state index in [1.165, 1.54) is 8.61 Å². The summed E-state index contributed by atoms with van der Waals surface area (Å²) in [6, 6.07) is 0. The van der Waals surface area contributed by atoms with Crippen molar-refractivity contribution < 1.29 is 8.42 Å². The van der Waals surface area contributed by atoms with Gasteiger partial charge >= 0.3 is 0 Å². The maximum absolute atomic E-state index is 11.8. The number of rotatable bonds is 7. The topological polar surface area (TPSA) is 66.6 Å². The van der Waals surface area contributed by atoms with Crippen LogP contribution in [0.5, 0.6) is 0 Å². The molecule has 14 heavy (non-hydrogen) atoms. The van der Waals surface area contributed by atoms with Gasteiger partial charge in [0.1, 0.15) is 0 Å². The molecule has 0 aromatic heterocycles. The molecule has 0 rings (SSSR count). The van der Waals surface area contributed by atoms with Gasteiger partial charge in [0.2, 0.25) is 0 Å². The lowest BCUT2D eigenvalue weighted by Gasteiger charge is -2.25. The molecule has 0 radical (unpaired) electrons. The molecular weight excluding hydrogens is 202 g/mol. The lowest BCUT2D eigenvalue weighted by atomic mass is 10.4. The van der Waals surface area contributed by atoms with Crippen molar-refractivity contribution in [1.29, 1.82) is 0 Å². The van der Waals surface area contributed by atoms with Crippen LogP contribution in [0.1, 0.15) is 20.3 Å². The Labute approximate surface area is 87.0 Å². The predicted molar refractivity (Wildman–Crippen MR) is 58.1 cm³/mol. The van der Waals surface area contributed by atoms with E-state index >= 15 is 0 Å². The van der Waals surface area contributed by atoms with Crippen LogP contribution in [-0.2, 0) is 10.2 Å². The van der Waals surface area contributed by atoms with Gasteiger partial charge in [-0.05, 0) is 13.0 Å². The number of hydrogen-bond donors (Lipinski definition) is 1. The van der Waals surface area contributed by atoms with Crippen LogP contribution in [0.4, 0.5) is 0 Å². The molecule has 0 spiro atoms. The first kappa shape index (κ1) is 13.8. The normalized spacial score (nSPS) is 12.7. The predicted octanol–water partition coefficient (Wildman–Crippen LogP) is -0.146. The van der Waals surface area contributed by atoms with Crippen molar-refractivity contribution in [3.05, 3.63) is 0 Å².